The van der Waals surface area contributed by atoms with Crippen LogP contribution in [0.15, 0.2) is 18.3 Å². The molecule has 0 aliphatic heterocycles. The fourth-order valence-electron chi connectivity index (χ4n) is 1.32. The van der Waals surface area contributed by atoms with Gasteiger partial charge in [-0.25, -0.2) is 0 Å². The molecule has 1 aromatic rings. The molecule has 12 heavy (non-hydrogen) atoms. The second-order valence-electron chi connectivity index (χ2n) is 3.03. The molecule has 0 atom stereocenters. The minimum absolute atomic E-state index is 0.138. The summed E-state index contributed by atoms with van der Waals surface area (Å²) in [5.74, 6) is 0.138. The number of carbonyl (C=O) groups excluding carboxylic acids is 1. The highest BCUT2D eigenvalue weighted by Crippen LogP contribution is 2.15. The first kappa shape index (κ1) is 7.22. The van der Waals surface area contributed by atoms with E-state index in [-0.39, 0.29) is 5.78 Å². The molecule has 2 heteroatoms. The van der Waals surface area contributed by atoms with E-state index in [4.69, 9.17) is 0 Å². The van der Waals surface area contributed by atoms with Gasteiger partial charge < -0.3 is 0 Å². The largest absolute Gasteiger partial charge is 0.294 e. The first-order valence-electron chi connectivity index (χ1n) is 3.92. The summed E-state index contributed by atoms with van der Waals surface area (Å²) in [6.07, 6.45) is 5.70. The van der Waals surface area contributed by atoms with E-state index in [0.29, 0.717) is 6.42 Å². The van der Waals surface area contributed by atoms with Crippen LogP contribution < -0.4 is 0 Å². The van der Waals surface area contributed by atoms with Crippen LogP contribution in [0.5, 0.6) is 0 Å². The van der Waals surface area contributed by atoms with Gasteiger partial charge in [0, 0.05) is 6.20 Å². The number of allylic oxidation sites excluding steroid dienone is 1. The molecule has 0 spiro atoms. The number of rotatable bonds is 0. The van der Waals surface area contributed by atoms with Gasteiger partial charge in [-0.1, -0.05) is 0 Å². The summed E-state index contributed by atoms with van der Waals surface area (Å²) < 4.78 is 0. The molecule has 1 aromatic heterocycles. The summed E-state index contributed by atoms with van der Waals surface area (Å²) in [7, 11) is 0. The van der Waals surface area contributed by atoms with Gasteiger partial charge in [0.1, 0.15) is 0 Å². The van der Waals surface area contributed by atoms with Crippen molar-refractivity contribution >= 4 is 11.9 Å². The zero-order valence-corrected chi connectivity index (χ0v) is 6.87. The summed E-state index contributed by atoms with van der Waals surface area (Å²) >= 11 is 0. The van der Waals surface area contributed by atoms with E-state index in [1.807, 2.05) is 19.1 Å². The third-order valence-electron chi connectivity index (χ3n) is 1.93. The number of aryl methyl sites for hydroxylation is 1. The summed E-state index contributed by atoms with van der Waals surface area (Å²) in [6, 6.07) is 2.05. The molecule has 0 amide bonds. The fourth-order valence-corrected chi connectivity index (χ4v) is 1.32. The van der Waals surface area contributed by atoms with Crippen molar-refractivity contribution in [3.63, 3.8) is 0 Å². The van der Waals surface area contributed by atoms with E-state index in [1.54, 1.807) is 12.3 Å². The Balaban J connectivity index is 2.54. The Kier molecular flexibility index (Phi) is 1.54. The fraction of sp³-hybridized carbons (Fsp3) is 0.200. The Morgan fingerprint density at radius 1 is 1.42 bits per heavy atom. The van der Waals surface area contributed by atoms with E-state index in [2.05, 4.69) is 4.98 Å². The van der Waals surface area contributed by atoms with Crippen LogP contribution in [0.4, 0.5) is 0 Å². The lowest BCUT2D eigenvalue weighted by Gasteiger charge is -2.07. The van der Waals surface area contributed by atoms with Crippen molar-refractivity contribution in [1.82, 2.24) is 4.98 Å². The number of nitrogens with zero attached hydrogens (tertiary/aromatic N) is 1. The number of pyridine rings is 1. The number of hydrogen-bond donors (Lipinski definition) is 0. The highest BCUT2D eigenvalue weighted by Gasteiger charge is 2.10. The Hall–Kier alpha value is -1.44. The number of aromatic nitrogens is 1. The van der Waals surface area contributed by atoms with E-state index >= 15 is 0 Å². The van der Waals surface area contributed by atoms with Crippen molar-refractivity contribution in [1.29, 1.82) is 0 Å². The lowest BCUT2D eigenvalue weighted by molar-refractivity contribution is -0.114. The van der Waals surface area contributed by atoms with Gasteiger partial charge in [0.15, 0.2) is 5.78 Å². The molecule has 0 saturated heterocycles. The van der Waals surface area contributed by atoms with Crippen LogP contribution in [0.2, 0.25) is 0 Å². The van der Waals surface area contributed by atoms with E-state index < -0.39 is 0 Å². The molecule has 0 aromatic carbocycles. The van der Waals surface area contributed by atoms with E-state index in [0.717, 1.165) is 16.8 Å². The second kappa shape index (κ2) is 2.55. The van der Waals surface area contributed by atoms with Gasteiger partial charge in [-0.05, 0) is 36.3 Å². The maximum Gasteiger partial charge on any atom is 0.161 e. The van der Waals surface area contributed by atoms with Gasteiger partial charge >= 0.3 is 0 Å². The summed E-state index contributed by atoms with van der Waals surface area (Å²) in [4.78, 5) is 15.2. The number of ketones is 1. The maximum atomic E-state index is 11.0. The zero-order chi connectivity index (χ0) is 8.55. The number of fused-ring (bicyclic) bond motifs is 1. The molecule has 2 nitrogen and oxygen atoms in total. The van der Waals surface area contributed by atoms with Gasteiger partial charge in [-0.3, -0.25) is 9.78 Å². The minimum atomic E-state index is 0.138. The van der Waals surface area contributed by atoms with Crippen molar-refractivity contribution < 1.29 is 4.79 Å². The molecule has 2 rings (SSSR count). The van der Waals surface area contributed by atoms with Gasteiger partial charge in [0.2, 0.25) is 0 Å². The van der Waals surface area contributed by atoms with Crippen molar-refractivity contribution in [3.05, 3.63) is 35.2 Å². The zero-order valence-electron chi connectivity index (χ0n) is 6.87. The first-order valence-corrected chi connectivity index (χ1v) is 3.92. The molecule has 1 heterocycles. The SMILES string of the molecule is Cc1cnc2c(c1)C=CC(=O)C2. The Morgan fingerprint density at radius 2 is 2.25 bits per heavy atom. The average Bonchev–Trinajstić information content (AvgIpc) is 2.05. The van der Waals surface area contributed by atoms with Crippen molar-refractivity contribution in [3.8, 4) is 0 Å². The number of carbonyl (C=O) groups is 1. The third-order valence-corrected chi connectivity index (χ3v) is 1.93. The van der Waals surface area contributed by atoms with Crippen LogP contribution in [0.1, 0.15) is 16.8 Å². The molecule has 0 saturated carbocycles. The highest BCUT2D eigenvalue weighted by molar-refractivity contribution is 5.97. The van der Waals surface area contributed by atoms with Crippen LogP contribution in [-0.2, 0) is 11.2 Å². The van der Waals surface area contributed by atoms with Gasteiger partial charge in [-0.15, -0.1) is 0 Å². The van der Waals surface area contributed by atoms with Crippen molar-refractivity contribution in [2.75, 3.05) is 0 Å². The molecule has 1 aliphatic carbocycles. The van der Waals surface area contributed by atoms with Crippen molar-refractivity contribution in [2.45, 2.75) is 13.3 Å². The maximum absolute atomic E-state index is 11.0. The smallest absolute Gasteiger partial charge is 0.161 e. The summed E-state index contributed by atoms with van der Waals surface area (Å²) in [6.45, 7) is 2.00. The molecule has 0 bridgehead atoms. The Morgan fingerprint density at radius 3 is 3.08 bits per heavy atom. The van der Waals surface area contributed by atoms with Crippen LogP contribution in [0.3, 0.4) is 0 Å². The first-order chi connectivity index (χ1) is 5.75. The Labute approximate surface area is 70.9 Å². The predicted molar refractivity (Wildman–Crippen MR) is 46.7 cm³/mol. The average molecular weight is 159 g/mol. The van der Waals surface area contributed by atoms with Gasteiger partial charge in [0.05, 0.1) is 12.1 Å². The molecule has 0 radical (unpaired) electrons. The topological polar surface area (TPSA) is 30.0 Å². The summed E-state index contributed by atoms with van der Waals surface area (Å²) in [5.41, 5.74) is 3.11. The van der Waals surface area contributed by atoms with Crippen LogP contribution in [-0.4, -0.2) is 10.8 Å². The lowest BCUT2D eigenvalue weighted by atomic mass is 10.0. The van der Waals surface area contributed by atoms with Crippen LogP contribution >= 0.6 is 0 Å². The molecule has 0 N–H and O–H groups in total. The standard InChI is InChI=1S/C10H9NO/c1-7-4-8-2-3-9(12)5-10(8)11-6-7/h2-4,6H,5H2,1H3. The van der Waals surface area contributed by atoms with E-state index in [9.17, 15) is 4.79 Å². The van der Waals surface area contributed by atoms with Gasteiger partial charge in [-0.2, -0.15) is 0 Å². The summed E-state index contributed by atoms with van der Waals surface area (Å²) in [5, 5.41) is 0. The number of hydrogen-bond acceptors (Lipinski definition) is 2. The second-order valence-corrected chi connectivity index (χ2v) is 3.03. The van der Waals surface area contributed by atoms with E-state index in [1.165, 1.54) is 0 Å². The van der Waals surface area contributed by atoms with Crippen LogP contribution in [0.25, 0.3) is 6.08 Å². The highest BCUT2D eigenvalue weighted by atomic mass is 16.1. The van der Waals surface area contributed by atoms with Gasteiger partial charge in [0.25, 0.3) is 0 Å². The Bertz CT molecular complexity index is 366. The molecule has 1 aliphatic rings. The van der Waals surface area contributed by atoms with Crippen LogP contribution in [0, 0.1) is 6.92 Å². The van der Waals surface area contributed by atoms with Crippen molar-refractivity contribution in [2.24, 2.45) is 0 Å². The lowest BCUT2D eigenvalue weighted by Crippen LogP contribution is -2.07. The molecular weight excluding hydrogens is 150 g/mol. The normalized spacial score (nSPS) is 14.6. The predicted octanol–water partition coefficient (Wildman–Crippen LogP) is 1.53. The molecule has 0 unspecified atom stereocenters. The minimum Gasteiger partial charge on any atom is -0.294 e. The monoisotopic (exact) mass is 159 g/mol. The molecule has 60 valence electrons. The molecular formula is C10H9NO. The quantitative estimate of drug-likeness (QED) is 0.574. The molecule has 0 fully saturated rings. The third kappa shape index (κ3) is 1.16.